The fourth-order valence-electron chi connectivity index (χ4n) is 1.29. The molecule has 4 unspecified atom stereocenters. The minimum atomic E-state index is -1.24. The largest absolute Gasteiger partial charge is 0.394 e. The second-order valence-corrected chi connectivity index (χ2v) is 3.03. The normalized spacial score (nSPS) is 49.2. The molecular formula is C7H14O5. The molecule has 0 aromatic rings. The Morgan fingerprint density at radius 3 is 2.17 bits per heavy atom. The van der Waals surface area contributed by atoms with Gasteiger partial charge >= 0.3 is 0 Å². The van der Waals surface area contributed by atoms with Crippen molar-refractivity contribution in [1.29, 1.82) is 0 Å². The molecule has 1 heterocycles. The van der Waals surface area contributed by atoms with E-state index in [1.165, 1.54) is 0 Å². The van der Waals surface area contributed by atoms with Crippen LogP contribution in [0.3, 0.4) is 0 Å². The summed E-state index contributed by atoms with van der Waals surface area (Å²) in [6.07, 6.45) is -4.94. The molecule has 5 atom stereocenters. The molecule has 0 aliphatic carbocycles. The highest BCUT2D eigenvalue weighted by Crippen LogP contribution is 2.20. The lowest BCUT2D eigenvalue weighted by atomic mass is 9.96. The predicted molar refractivity (Wildman–Crippen MR) is 39.4 cm³/mol. The van der Waals surface area contributed by atoms with Crippen molar-refractivity contribution >= 4 is 0 Å². The van der Waals surface area contributed by atoms with Crippen molar-refractivity contribution in [3.05, 3.63) is 0 Å². The molecular weight excluding hydrogens is 164 g/mol. The molecule has 0 aromatic heterocycles. The van der Waals surface area contributed by atoms with Gasteiger partial charge in [-0.3, -0.25) is 0 Å². The van der Waals surface area contributed by atoms with E-state index in [-0.39, 0.29) is 6.61 Å². The van der Waals surface area contributed by atoms with Crippen LogP contribution in [-0.4, -0.2) is 57.6 Å². The summed E-state index contributed by atoms with van der Waals surface area (Å²) in [6, 6.07) is 0. The number of hydrogen-bond acceptors (Lipinski definition) is 5. The fourth-order valence-corrected chi connectivity index (χ4v) is 1.29. The van der Waals surface area contributed by atoms with E-state index in [0.29, 0.717) is 0 Å². The first kappa shape index (κ1) is 9.88. The molecule has 72 valence electrons. The Kier molecular flexibility index (Phi) is 3.03. The highest BCUT2D eigenvalue weighted by molar-refractivity contribution is 4.89. The van der Waals surface area contributed by atoms with Crippen LogP contribution in [0, 0.1) is 0 Å². The highest BCUT2D eigenvalue weighted by Gasteiger charge is 2.41. The molecule has 0 aromatic carbocycles. The SMILES string of the molecule is C[C@@H]1OC(CO)C(O)C(O)C1O. The zero-order valence-electron chi connectivity index (χ0n) is 6.79. The summed E-state index contributed by atoms with van der Waals surface area (Å²) in [5.74, 6) is 0. The fraction of sp³-hybridized carbons (Fsp3) is 1.00. The molecule has 1 fully saturated rings. The molecule has 1 aliphatic rings. The van der Waals surface area contributed by atoms with Crippen molar-refractivity contribution < 1.29 is 25.2 Å². The zero-order chi connectivity index (χ0) is 9.30. The van der Waals surface area contributed by atoms with Gasteiger partial charge in [0.15, 0.2) is 0 Å². The van der Waals surface area contributed by atoms with Crippen molar-refractivity contribution in [2.24, 2.45) is 0 Å². The Morgan fingerprint density at radius 1 is 1.08 bits per heavy atom. The second kappa shape index (κ2) is 3.68. The molecule has 0 saturated carbocycles. The maximum atomic E-state index is 9.23. The summed E-state index contributed by atoms with van der Waals surface area (Å²) >= 11 is 0. The average Bonchev–Trinajstić information content (AvgIpc) is 2.08. The molecule has 4 N–H and O–H groups in total. The summed E-state index contributed by atoms with van der Waals surface area (Å²) in [6.45, 7) is 1.21. The maximum Gasteiger partial charge on any atom is 0.111 e. The third-order valence-electron chi connectivity index (χ3n) is 2.13. The van der Waals surface area contributed by atoms with Crippen molar-refractivity contribution in [2.75, 3.05) is 6.61 Å². The Bertz CT molecular complexity index is 146. The van der Waals surface area contributed by atoms with E-state index in [0.717, 1.165) is 0 Å². The van der Waals surface area contributed by atoms with Gasteiger partial charge in [0.1, 0.15) is 24.4 Å². The van der Waals surface area contributed by atoms with E-state index >= 15 is 0 Å². The predicted octanol–water partition coefficient (Wildman–Crippen LogP) is -2.15. The van der Waals surface area contributed by atoms with Gasteiger partial charge in [0.2, 0.25) is 0 Å². The van der Waals surface area contributed by atoms with Crippen LogP contribution >= 0.6 is 0 Å². The van der Waals surface area contributed by atoms with E-state index < -0.39 is 30.5 Å². The molecule has 12 heavy (non-hydrogen) atoms. The van der Waals surface area contributed by atoms with Crippen LogP contribution in [0.2, 0.25) is 0 Å². The third-order valence-corrected chi connectivity index (χ3v) is 2.13. The number of aliphatic hydroxyl groups is 4. The van der Waals surface area contributed by atoms with Gasteiger partial charge in [-0.1, -0.05) is 0 Å². The molecule has 1 aliphatic heterocycles. The van der Waals surface area contributed by atoms with Crippen molar-refractivity contribution in [3.8, 4) is 0 Å². The van der Waals surface area contributed by atoms with Crippen LogP contribution in [0.1, 0.15) is 6.92 Å². The summed E-state index contributed by atoms with van der Waals surface area (Å²) < 4.78 is 5.02. The molecule has 1 rings (SSSR count). The van der Waals surface area contributed by atoms with Gasteiger partial charge in [0.05, 0.1) is 12.7 Å². The van der Waals surface area contributed by atoms with Gasteiger partial charge in [0, 0.05) is 0 Å². The molecule has 5 nitrogen and oxygen atoms in total. The summed E-state index contributed by atoms with van der Waals surface area (Å²) in [5, 5.41) is 36.4. The van der Waals surface area contributed by atoms with E-state index in [4.69, 9.17) is 9.84 Å². The lowest BCUT2D eigenvalue weighted by molar-refractivity contribution is -0.224. The Labute approximate surface area is 70.2 Å². The van der Waals surface area contributed by atoms with Crippen molar-refractivity contribution in [3.63, 3.8) is 0 Å². The topological polar surface area (TPSA) is 90.2 Å². The van der Waals surface area contributed by atoms with Crippen molar-refractivity contribution in [1.82, 2.24) is 0 Å². The second-order valence-electron chi connectivity index (χ2n) is 3.03. The smallest absolute Gasteiger partial charge is 0.111 e. The summed E-state index contributed by atoms with van der Waals surface area (Å²) in [4.78, 5) is 0. The van der Waals surface area contributed by atoms with E-state index in [1.54, 1.807) is 6.92 Å². The van der Waals surface area contributed by atoms with Crippen LogP contribution in [0.4, 0.5) is 0 Å². The molecule has 0 spiro atoms. The number of aliphatic hydroxyl groups excluding tert-OH is 4. The van der Waals surface area contributed by atoms with E-state index in [9.17, 15) is 15.3 Å². The van der Waals surface area contributed by atoms with Gasteiger partial charge < -0.3 is 25.2 Å². The minimum Gasteiger partial charge on any atom is -0.394 e. The Morgan fingerprint density at radius 2 is 1.67 bits per heavy atom. The van der Waals surface area contributed by atoms with Crippen molar-refractivity contribution in [2.45, 2.75) is 37.4 Å². The number of ether oxygens (including phenoxy) is 1. The van der Waals surface area contributed by atoms with Crippen LogP contribution < -0.4 is 0 Å². The number of hydrogen-bond donors (Lipinski definition) is 4. The molecule has 0 bridgehead atoms. The van der Waals surface area contributed by atoms with Gasteiger partial charge in [-0.2, -0.15) is 0 Å². The molecule has 0 radical (unpaired) electrons. The van der Waals surface area contributed by atoms with Crippen LogP contribution in [0.15, 0.2) is 0 Å². The van der Waals surface area contributed by atoms with Gasteiger partial charge in [-0.05, 0) is 6.92 Å². The quantitative estimate of drug-likeness (QED) is 0.367. The average molecular weight is 178 g/mol. The Hall–Kier alpha value is -0.200. The van der Waals surface area contributed by atoms with Gasteiger partial charge in [-0.15, -0.1) is 0 Å². The maximum absolute atomic E-state index is 9.23. The first-order valence-corrected chi connectivity index (χ1v) is 3.88. The third kappa shape index (κ3) is 1.60. The molecule has 0 amide bonds. The van der Waals surface area contributed by atoms with Gasteiger partial charge in [0.25, 0.3) is 0 Å². The van der Waals surface area contributed by atoms with E-state index in [2.05, 4.69) is 0 Å². The standard InChI is InChI=1S/C7H14O5/c1-3-5(9)7(11)6(10)4(2-8)12-3/h3-11H,2H2,1H3/t3-,4?,5?,6?,7?/m0/s1. The minimum absolute atomic E-state index is 0.366. The number of rotatable bonds is 1. The van der Waals surface area contributed by atoms with Crippen LogP contribution in [0.25, 0.3) is 0 Å². The molecule has 1 saturated heterocycles. The molecule has 5 heteroatoms. The summed E-state index contributed by atoms with van der Waals surface area (Å²) in [5.41, 5.74) is 0. The van der Waals surface area contributed by atoms with Crippen LogP contribution in [-0.2, 0) is 4.74 Å². The first-order valence-electron chi connectivity index (χ1n) is 3.88. The highest BCUT2D eigenvalue weighted by atomic mass is 16.5. The van der Waals surface area contributed by atoms with E-state index in [1.807, 2.05) is 0 Å². The van der Waals surface area contributed by atoms with Gasteiger partial charge in [-0.25, -0.2) is 0 Å². The first-order chi connectivity index (χ1) is 5.57. The van der Waals surface area contributed by atoms with Crippen LogP contribution in [0.5, 0.6) is 0 Å². The monoisotopic (exact) mass is 178 g/mol. The zero-order valence-corrected chi connectivity index (χ0v) is 6.79. The lowest BCUT2D eigenvalue weighted by Gasteiger charge is -2.38. The Balaban J connectivity index is 2.63. The lowest BCUT2D eigenvalue weighted by Crippen LogP contribution is -2.57. The summed E-state index contributed by atoms with van der Waals surface area (Å²) in [7, 11) is 0.